The Kier molecular flexibility index (Phi) is 3.68. The summed E-state index contributed by atoms with van der Waals surface area (Å²) in [7, 11) is 1.91. The van der Waals surface area contributed by atoms with Crippen molar-refractivity contribution in [3.8, 4) is 22.8 Å². The van der Waals surface area contributed by atoms with Gasteiger partial charge in [0.25, 0.3) is 0 Å². The molecule has 0 spiro atoms. The van der Waals surface area contributed by atoms with Gasteiger partial charge in [0, 0.05) is 23.7 Å². The van der Waals surface area contributed by atoms with Gasteiger partial charge in [-0.1, -0.05) is 6.07 Å². The minimum absolute atomic E-state index is 0.129. The lowest BCUT2D eigenvalue weighted by Crippen LogP contribution is -2.11. The van der Waals surface area contributed by atoms with Gasteiger partial charge in [-0.3, -0.25) is 0 Å². The molecule has 0 radical (unpaired) electrons. The van der Waals surface area contributed by atoms with Gasteiger partial charge in [-0.25, -0.2) is 9.98 Å². The topological polar surface area (TPSA) is 70.6 Å². The molecule has 112 valence electrons. The molecule has 2 aromatic heterocycles. The van der Waals surface area contributed by atoms with E-state index in [0.717, 1.165) is 21.8 Å². The Morgan fingerprint density at radius 2 is 1.95 bits per heavy atom. The van der Waals surface area contributed by atoms with Gasteiger partial charge in [0.2, 0.25) is 0 Å². The first-order chi connectivity index (χ1) is 10.5. The minimum Gasteiger partial charge on any atom is -0.504 e. The molecule has 22 heavy (non-hydrogen) atoms. The van der Waals surface area contributed by atoms with Crippen molar-refractivity contribution in [1.82, 2.24) is 9.55 Å². The van der Waals surface area contributed by atoms with Gasteiger partial charge < -0.3 is 14.8 Å². The Balaban J connectivity index is 2.07. The van der Waals surface area contributed by atoms with E-state index >= 15 is 0 Å². The summed E-state index contributed by atoms with van der Waals surface area (Å²) in [6.07, 6.45) is 0. The fourth-order valence-corrected chi connectivity index (χ4v) is 3.02. The van der Waals surface area contributed by atoms with Crippen LogP contribution in [0.25, 0.3) is 11.3 Å². The van der Waals surface area contributed by atoms with Crippen LogP contribution in [0.5, 0.6) is 11.5 Å². The van der Waals surface area contributed by atoms with Gasteiger partial charge in [-0.05, 0) is 37.3 Å². The van der Waals surface area contributed by atoms with Crippen molar-refractivity contribution in [3.05, 3.63) is 52.3 Å². The Bertz CT molecular complexity index is 896. The number of pyridine rings is 1. The Morgan fingerprint density at radius 3 is 2.68 bits per heavy atom. The van der Waals surface area contributed by atoms with E-state index < -0.39 is 0 Å². The number of phenolic OH excluding ortho intramolecular Hbond substituents is 2. The lowest BCUT2D eigenvalue weighted by Gasteiger charge is -2.04. The normalized spacial score (nSPS) is 11.8. The number of hydrogen-bond donors (Lipinski definition) is 2. The van der Waals surface area contributed by atoms with Crippen molar-refractivity contribution in [3.63, 3.8) is 0 Å². The van der Waals surface area contributed by atoms with E-state index in [1.807, 2.05) is 42.1 Å². The highest BCUT2D eigenvalue weighted by atomic mass is 32.1. The summed E-state index contributed by atoms with van der Waals surface area (Å²) < 4.78 is 1.93. The predicted molar refractivity (Wildman–Crippen MR) is 86.3 cm³/mol. The number of aromatic hydroxyl groups is 2. The third kappa shape index (κ3) is 2.73. The molecule has 5 nitrogen and oxygen atoms in total. The molecular formula is C16H15N3O2S. The zero-order valence-electron chi connectivity index (χ0n) is 12.2. The predicted octanol–water partition coefficient (Wildman–Crippen LogP) is 3.10. The highest BCUT2D eigenvalue weighted by Gasteiger charge is 2.08. The smallest absolute Gasteiger partial charge is 0.191 e. The quantitative estimate of drug-likeness (QED) is 0.714. The number of phenols is 2. The zero-order valence-corrected chi connectivity index (χ0v) is 13.0. The third-order valence-electron chi connectivity index (χ3n) is 3.28. The fourth-order valence-electron chi connectivity index (χ4n) is 2.10. The van der Waals surface area contributed by atoms with E-state index in [1.165, 1.54) is 23.5 Å². The summed E-state index contributed by atoms with van der Waals surface area (Å²) in [5.41, 5.74) is 2.64. The van der Waals surface area contributed by atoms with Crippen LogP contribution in [-0.4, -0.2) is 19.8 Å². The largest absolute Gasteiger partial charge is 0.504 e. The van der Waals surface area contributed by atoms with E-state index in [4.69, 9.17) is 0 Å². The molecule has 0 aliphatic carbocycles. The molecule has 0 fully saturated rings. The fraction of sp³-hybridized carbons (Fsp3) is 0.125. The number of nitrogens with zero attached hydrogens (tertiary/aromatic N) is 3. The molecule has 6 heteroatoms. The summed E-state index contributed by atoms with van der Waals surface area (Å²) in [6, 6.07) is 10.5. The number of rotatable bonds is 2. The summed E-state index contributed by atoms with van der Waals surface area (Å²) in [4.78, 5) is 9.72. The van der Waals surface area contributed by atoms with Gasteiger partial charge >= 0.3 is 0 Å². The van der Waals surface area contributed by atoms with Crippen LogP contribution in [0.15, 0.2) is 46.8 Å². The maximum Gasteiger partial charge on any atom is 0.191 e. The van der Waals surface area contributed by atoms with Crippen molar-refractivity contribution in [2.75, 3.05) is 0 Å². The van der Waals surface area contributed by atoms with Crippen LogP contribution in [0.3, 0.4) is 0 Å². The molecule has 0 aliphatic rings. The second-order valence-corrected chi connectivity index (χ2v) is 5.75. The van der Waals surface area contributed by atoms with Crippen molar-refractivity contribution in [2.45, 2.75) is 6.92 Å². The molecule has 0 saturated carbocycles. The maximum absolute atomic E-state index is 9.64. The SMILES string of the molecule is Cc1cccc(N=c2scc(-c3ccc(O)c(O)c3)n2C)n1. The standard InChI is InChI=1S/C16H15N3O2S/c1-10-4-3-5-15(17-10)18-16-19(2)12(9-22-16)11-6-7-13(20)14(21)8-11/h3-9,20-21H,1-2H3. The zero-order chi connectivity index (χ0) is 15.7. The average Bonchev–Trinajstić information content (AvgIpc) is 2.83. The minimum atomic E-state index is -0.137. The van der Waals surface area contributed by atoms with E-state index in [-0.39, 0.29) is 11.5 Å². The van der Waals surface area contributed by atoms with E-state index in [2.05, 4.69) is 9.98 Å². The van der Waals surface area contributed by atoms with Crippen molar-refractivity contribution >= 4 is 17.2 Å². The van der Waals surface area contributed by atoms with E-state index in [0.29, 0.717) is 5.82 Å². The van der Waals surface area contributed by atoms with Gasteiger partial charge in [0.1, 0.15) is 0 Å². The molecule has 0 aliphatic heterocycles. The van der Waals surface area contributed by atoms with Crippen LogP contribution in [0.4, 0.5) is 5.82 Å². The molecule has 2 heterocycles. The van der Waals surface area contributed by atoms with Crippen LogP contribution < -0.4 is 4.80 Å². The lowest BCUT2D eigenvalue weighted by molar-refractivity contribution is 0.404. The first-order valence-electron chi connectivity index (χ1n) is 6.70. The molecule has 0 unspecified atom stereocenters. The molecular weight excluding hydrogens is 298 g/mol. The van der Waals surface area contributed by atoms with Gasteiger partial charge in [-0.15, -0.1) is 11.3 Å². The van der Waals surface area contributed by atoms with Crippen molar-refractivity contribution in [1.29, 1.82) is 0 Å². The van der Waals surface area contributed by atoms with Gasteiger partial charge in [-0.2, -0.15) is 0 Å². The Hall–Kier alpha value is -2.60. The first kappa shape index (κ1) is 14.3. The monoisotopic (exact) mass is 313 g/mol. The first-order valence-corrected chi connectivity index (χ1v) is 7.58. The molecule has 3 aromatic rings. The molecule has 0 bridgehead atoms. The van der Waals surface area contributed by atoms with Crippen LogP contribution in [-0.2, 0) is 7.05 Å². The highest BCUT2D eigenvalue weighted by molar-refractivity contribution is 7.07. The Labute approximate surface area is 131 Å². The van der Waals surface area contributed by atoms with Crippen molar-refractivity contribution < 1.29 is 10.2 Å². The summed E-state index contributed by atoms with van der Waals surface area (Å²) in [5, 5.41) is 21.0. The number of aromatic nitrogens is 2. The Morgan fingerprint density at radius 1 is 1.14 bits per heavy atom. The van der Waals surface area contributed by atoms with E-state index in [1.54, 1.807) is 6.07 Å². The lowest BCUT2D eigenvalue weighted by atomic mass is 10.1. The molecule has 2 N–H and O–H groups in total. The molecule has 0 saturated heterocycles. The molecule has 1 aromatic carbocycles. The van der Waals surface area contributed by atoms with Crippen LogP contribution in [0.2, 0.25) is 0 Å². The molecule has 0 atom stereocenters. The molecule has 3 rings (SSSR count). The number of thiazole rings is 1. The second-order valence-electron chi connectivity index (χ2n) is 4.91. The maximum atomic E-state index is 9.64. The highest BCUT2D eigenvalue weighted by Crippen LogP contribution is 2.30. The van der Waals surface area contributed by atoms with Crippen LogP contribution >= 0.6 is 11.3 Å². The third-order valence-corrected chi connectivity index (χ3v) is 4.20. The molecule has 0 amide bonds. The van der Waals surface area contributed by atoms with Crippen LogP contribution in [0.1, 0.15) is 5.69 Å². The number of hydrogen-bond acceptors (Lipinski definition) is 5. The summed E-state index contributed by atoms with van der Waals surface area (Å²) >= 11 is 1.49. The second kappa shape index (κ2) is 5.65. The van der Waals surface area contributed by atoms with Crippen LogP contribution in [0, 0.1) is 6.92 Å². The van der Waals surface area contributed by atoms with Crippen molar-refractivity contribution in [2.24, 2.45) is 12.0 Å². The number of benzene rings is 1. The average molecular weight is 313 g/mol. The number of aryl methyl sites for hydroxylation is 1. The van der Waals surface area contributed by atoms with Gasteiger partial charge in [0.15, 0.2) is 22.1 Å². The van der Waals surface area contributed by atoms with E-state index in [9.17, 15) is 10.2 Å². The summed E-state index contributed by atoms with van der Waals surface area (Å²) in [6.45, 7) is 1.93. The van der Waals surface area contributed by atoms with Gasteiger partial charge in [0.05, 0.1) is 5.69 Å². The summed E-state index contributed by atoms with van der Waals surface area (Å²) in [5.74, 6) is 0.399.